The number of nitrogens with one attached hydrogen (secondary N) is 1. The molecule has 0 heterocycles. The first-order valence-corrected chi connectivity index (χ1v) is 9.28. The third-order valence-electron chi connectivity index (χ3n) is 4.90. The molecule has 0 aliphatic heterocycles. The Morgan fingerprint density at radius 2 is 1.64 bits per heavy atom. The zero-order chi connectivity index (χ0) is 15.6. The maximum Gasteiger partial charge on any atom is 0.119 e. The third-order valence-corrected chi connectivity index (χ3v) is 4.90. The molecule has 2 rings (SSSR count). The van der Waals surface area contributed by atoms with Gasteiger partial charge in [-0.1, -0.05) is 45.4 Å². The molecule has 1 saturated carbocycles. The van der Waals surface area contributed by atoms with Gasteiger partial charge in [-0.3, -0.25) is 0 Å². The first kappa shape index (κ1) is 17.2. The summed E-state index contributed by atoms with van der Waals surface area (Å²) in [4.78, 5) is 0. The zero-order valence-electron chi connectivity index (χ0n) is 14.4. The van der Waals surface area contributed by atoms with Gasteiger partial charge in [-0.15, -0.1) is 0 Å². The summed E-state index contributed by atoms with van der Waals surface area (Å²) in [5, 5.41) is 3.31. The Kier molecular flexibility index (Phi) is 7.62. The van der Waals surface area contributed by atoms with Crippen LogP contribution in [0.5, 0.6) is 5.75 Å². The van der Waals surface area contributed by atoms with Crippen LogP contribution >= 0.6 is 0 Å². The standard InChI is InChI=1S/C20H33NO/c1-3-5-6-7-17-8-10-18(11-9-17)16-22-20-14-12-19(13-15-20)21-4-2/h12-15,17-18,21H,3-11,16H2,1-2H3. The second-order valence-corrected chi connectivity index (χ2v) is 6.75. The molecule has 1 fully saturated rings. The fourth-order valence-electron chi connectivity index (χ4n) is 3.46. The lowest BCUT2D eigenvalue weighted by Gasteiger charge is -2.28. The van der Waals surface area contributed by atoms with Crippen molar-refractivity contribution in [3.05, 3.63) is 24.3 Å². The van der Waals surface area contributed by atoms with Gasteiger partial charge in [0.05, 0.1) is 6.61 Å². The number of rotatable bonds is 9. The molecule has 2 nitrogen and oxygen atoms in total. The van der Waals surface area contributed by atoms with Gasteiger partial charge in [0.2, 0.25) is 0 Å². The summed E-state index contributed by atoms with van der Waals surface area (Å²) in [6, 6.07) is 8.36. The fourth-order valence-corrected chi connectivity index (χ4v) is 3.46. The number of anilines is 1. The van der Waals surface area contributed by atoms with Crippen molar-refractivity contribution in [2.24, 2.45) is 11.8 Å². The Hall–Kier alpha value is -1.18. The monoisotopic (exact) mass is 303 g/mol. The smallest absolute Gasteiger partial charge is 0.119 e. The molecule has 0 atom stereocenters. The zero-order valence-corrected chi connectivity index (χ0v) is 14.4. The van der Waals surface area contributed by atoms with Crippen LogP contribution in [0.1, 0.15) is 65.2 Å². The first-order chi connectivity index (χ1) is 10.8. The van der Waals surface area contributed by atoms with Crippen molar-refractivity contribution >= 4 is 5.69 Å². The van der Waals surface area contributed by atoms with Crippen molar-refractivity contribution in [3.63, 3.8) is 0 Å². The van der Waals surface area contributed by atoms with E-state index in [4.69, 9.17) is 4.74 Å². The summed E-state index contributed by atoms with van der Waals surface area (Å²) >= 11 is 0. The molecule has 0 spiro atoms. The summed E-state index contributed by atoms with van der Waals surface area (Å²) in [7, 11) is 0. The number of benzene rings is 1. The lowest BCUT2D eigenvalue weighted by molar-refractivity contribution is 0.177. The van der Waals surface area contributed by atoms with Gasteiger partial charge < -0.3 is 10.1 Å². The summed E-state index contributed by atoms with van der Waals surface area (Å²) in [5.74, 6) is 2.75. The molecule has 0 bridgehead atoms. The summed E-state index contributed by atoms with van der Waals surface area (Å²) in [6.07, 6.45) is 11.2. The fraction of sp³-hybridized carbons (Fsp3) is 0.700. The highest BCUT2D eigenvalue weighted by Crippen LogP contribution is 2.32. The maximum absolute atomic E-state index is 5.98. The number of hydrogen-bond acceptors (Lipinski definition) is 2. The normalized spacial score (nSPS) is 21.5. The predicted octanol–water partition coefficient (Wildman–Crippen LogP) is 5.88. The van der Waals surface area contributed by atoms with Gasteiger partial charge in [0, 0.05) is 12.2 Å². The topological polar surface area (TPSA) is 21.3 Å². The van der Waals surface area contributed by atoms with Gasteiger partial charge in [0.15, 0.2) is 0 Å². The summed E-state index contributed by atoms with van der Waals surface area (Å²) in [5.41, 5.74) is 1.17. The number of unbranched alkanes of at least 4 members (excludes halogenated alkanes) is 2. The van der Waals surface area contributed by atoms with Crippen molar-refractivity contribution in [2.75, 3.05) is 18.5 Å². The molecule has 0 amide bonds. The summed E-state index contributed by atoms with van der Waals surface area (Å²) < 4.78 is 5.98. The van der Waals surface area contributed by atoms with E-state index < -0.39 is 0 Å². The van der Waals surface area contributed by atoms with Crippen LogP contribution < -0.4 is 10.1 Å². The Labute approximate surface area is 136 Å². The van der Waals surface area contributed by atoms with E-state index >= 15 is 0 Å². The highest BCUT2D eigenvalue weighted by Gasteiger charge is 2.21. The van der Waals surface area contributed by atoms with Crippen LogP contribution in [0.25, 0.3) is 0 Å². The SMILES string of the molecule is CCCCCC1CCC(COc2ccc(NCC)cc2)CC1. The lowest BCUT2D eigenvalue weighted by Crippen LogP contribution is -2.20. The van der Waals surface area contributed by atoms with Gasteiger partial charge in [0.25, 0.3) is 0 Å². The minimum Gasteiger partial charge on any atom is -0.493 e. The Bertz CT molecular complexity index is 393. The van der Waals surface area contributed by atoms with Crippen LogP contribution in [-0.4, -0.2) is 13.2 Å². The maximum atomic E-state index is 5.98. The van der Waals surface area contributed by atoms with Crippen LogP contribution in [0.3, 0.4) is 0 Å². The van der Waals surface area contributed by atoms with E-state index in [1.54, 1.807) is 0 Å². The third kappa shape index (κ3) is 5.90. The Morgan fingerprint density at radius 3 is 2.27 bits per heavy atom. The molecular weight excluding hydrogens is 270 g/mol. The van der Waals surface area contributed by atoms with Crippen LogP contribution in [-0.2, 0) is 0 Å². The molecule has 0 unspecified atom stereocenters. The number of hydrogen-bond donors (Lipinski definition) is 1. The Balaban J connectivity index is 1.64. The van der Waals surface area contributed by atoms with E-state index in [-0.39, 0.29) is 0 Å². The quantitative estimate of drug-likeness (QED) is 0.575. The molecule has 1 N–H and O–H groups in total. The summed E-state index contributed by atoms with van der Waals surface area (Å²) in [6.45, 7) is 6.26. The minimum absolute atomic E-state index is 0.760. The molecule has 22 heavy (non-hydrogen) atoms. The molecule has 0 aromatic heterocycles. The molecule has 0 saturated heterocycles. The molecule has 124 valence electrons. The van der Waals surface area contributed by atoms with E-state index in [1.807, 2.05) is 0 Å². The minimum atomic E-state index is 0.760. The van der Waals surface area contributed by atoms with Gasteiger partial charge in [-0.25, -0.2) is 0 Å². The van der Waals surface area contributed by atoms with E-state index in [9.17, 15) is 0 Å². The molecule has 1 aromatic carbocycles. The van der Waals surface area contributed by atoms with Crippen LogP contribution in [0, 0.1) is 11.8 Å². The van der Waals surface area contributed by atoms with Gasteiger partial charge in [-0.05, 0) is 55.9 Å². The predicted molar refractivity (Wildman–Crippen MR) is 95.7 cm³/mol. The molecule has 0 radical (unpaired) electrons. The molecule has 1 aliphatic carbocycles. The second kappa shape index (κ2) is 9.76. The van der Waals surface area contributed by atoms with Crippen molar-refractivity contribution in [2.45, 2.75) is 65.2 Å². The van der Waals surface area contributed by atoms with Crippen LogP contribution in [0.2, 0.25) is 0 Å². The van der Waals surface area contributed by atoms with E-state index in [2.05, 4.69) is 43.4 Å². The molecule has 1 aliphatic rings. The molecule has 1 aromatic rings. The van der Waals surface area contributed by atoms with Crippen molar-refractivity contribution in [3.8, 4) is 5.75 Å². The van der Waals surface area contributed by atoms with Gasteiger partial charge in [-0.2, -0.15) is 0 Å². The number of ether oxygens (including phenoxy) is 1. The van der Waals surface area contributed by atoms with Crippen LogP contribution in [0.15, 0.2) is 24.3 Å². The van der Waals surface area contributed by atoms with Crippen molar-refractivity contribution < 1.29 is 4.74 Å². The molecular formula is C20H33NO. The lowest BCUT2D eigenvalue weighted by atomic mass is 9.80. The molecule has 2 heteroatoms. The highest BCUT2D eigenvalue weighted by atomic mass is 16.5. The van der Waals surface area contributed by atoms with Crippen molar-refractivity contribution in [1.82, 2.24) is 0 Å². The van der Waals surface area contributed by atoms with Crippen molar-refractivity contribution in [1.29, 1.82) is 0 Å². The average Bonchev–Trinajstić information content (AvgIpc) is 2.56. The van der Waals surface area contributed by atoms with Gasteiger partial charge in [0.1, 0.15) is 5.75 Å². The van der Waals surface area contributed by atoms with E-state index in [1.165, 1.54) is 57.1 Å². The Morgan fingerprint density at radius 1 is 0.955 bits per heavy atom. The average molecular weight is 303 g/mol. The van der Waals surface area contributed by atoms with Gasteiger partial charge >= 0.3 is 0 Å². The van der Waals surface area contributed by atoms with E-state index in [0.717, 1.165) is 30.7 Å². The first-order valence-electron chi connectivity index (χ1n) is 9.28. The highest BCUT2D eigenvalue weighted by molar-refractivity contribution is 5.46. The van der Waals surface area contributed by atoms with E-state index in [0.29, 0.717) is 0 Å². The largest absolute Gasteiger partial charge is 0.493 e. The van der Waals surface area contributed by atoms with Crippen LogP contribution in [0.4, 0.5) is 5.69 Å². The second-order valence-electron chi connectivity index (χ2n) is 6.75.